The zero-order chi connectivity index (χ0) is 26.3. The number of amides is 2. The first-order valence-corrected chi connectivity index (χ1v) is 12.6. The first kappa shape index (κ1) is 25.2. The highest BCUT2D eigenvalue weighted by Gasteiger charge is 2.33. The molecular formula is C27H31FN4O5. The molecule has 2 amide bonds. The number of nitrogens with one attached hydrogen (secondary N) is 2. The van der Waals surface area contributed by atoms with Crippen LogP contribution in [0, 0.1) is 18.7 Å². The van der Waals surface area contributed by atoms with Crippen molar-refractivity contribution in [2.45, 2.75) is 51.4 Å². The number of aryl methyl sites for hydroxylation is 1. The summed E-state index contributed by atoms with van der Waals surface area (Å²) in [4.78, 5) is 34.5. The molecule has 1 saturated heterocycles. The van der Waals surface area contributed by atoms with E-state index in [4.69, 9.17) is 4.74 Å². The van der Waals surface area contributed by atoms with Crippen LogP contribution in [0.15, 0.2) is 30.5 Å². The van der Waals surface area contributed by atoms with Crippen molar-refractivity contribution in [3.8, 4) is 16.9 Å². The number of ether oxygens (including phenoxy) is 1. The second-order valence-corrected chi connectivity index (χ2v) is 10.00. The number of aliphatic hydroxyl groups is 2. The average Bonchev–Trinajstić information content (AvgIpc) is 3.63. The molecular weight excluding hydrogens is 479 g/mol. The Balaban J connectivity index is 1.41. The van der Waals surface area contributed by atoms with Crippen LogP contribution < -0.4 is 10.1 Å². The van der Waals surface area contributed by atoms with Crippen LogP contribution in [0.25, 0.3) is 22.2 Å². The normalized spacial score (nSPS) is 20.6. The van der Waals surface area contributed by atoms with Gasteiger partial charge in [0.05, 0.1) is 29.8 Å². The Hall–Kier alpha value is -3.50. The number of pyridine rings is 1. The van der Waals surface area contributed by atoms with E-state index in [0.29, 0.717) is 64.7 Å². The summed E-state index contributed by atoms with van der Waals surface area (Å²) in [5, 5.41) is 23.0. The van der Waals surface area contributed by atoms with E-state index in [9.17, 15) is 24.2 Å². The zero-order valence-electron chi connectivity index (χ0n) is 20.8. The number of carbonyl (C=O) groups is 2. The molecule has 10 heteroatoms. The number of aromatic amines is 1. The lowest BCUT2D eigenvalue weighted by Gasteiger charge is -2.36. The molecule has 196 valence electrons. The lowest BCUT2D eigenvalue weighted by atomic mass is 10.00. The van der Waals surface area contributed by atoms with E-state index in [0.717, 1.165) is 12.8 Å². The summed E-state index contributed by atoms with van der Waals surface area (Å²) in [6.07, 6.45) is 2.06. The maximum atomic E-state index is 14.3. The minimum atomic E-state index is -1.15. The fourth-order valence-electron chi connectivity index (χ4n) is 4.84. The molecule has 0 spiro atoms. The predicted octanol–water partition coefficient (Wildman–Crippen LogP) is 2.54. The van der Waals surface area contributed by atoms with Gasteiger partial charge in [0, 0.05) is 36.1 Å². The average molecular weight is 511 g/mol. The number of fused-ring (bicyclic) bond motifs is 1. The molecule has 2 fully saturated rings. The number of aromatic nitrogens is 2. The van der Waals surface area contributed by atoms with Crippen molar-refractivity contribution in [1.82, 2.24) is 20.2 Å². The number of benzene rings is 1. The predicted molar refractivity (Wildman–Crippen MR) is 135 cm³/mol. The van der Waals surface area contributed by atoms with Crippen LogP contribution >= 0.6 is 0 Å². The number of piperidine rings is 1. The molecule has 3 heterocycles. The largest absolute Gasteiger partial charge is 0.493 e. The van der Waals surface area contributed by atoms with Crippen LogP contribution in [0.3, 0.4) is 0 Å². The highest BCUT2D eigenvalue weighted by Crippen LogP contribution is 2.38. The standard InChI is InChI=1S/C27H31FN4O5/c1-14-23(26(35)31-20-8-10-32(12-21(20)34)27(36)15(2)33)25-24(30-14)18(7-9-29-25)19-11-17(28)5-6-22(19)37-13-16-3-4-16/h5-7,9,11,15-16,20-21,30,33-34H,3-4,8,10,12-13H2,1-2H3,(H,31,35)/t15-,20-,21+/m0/s1. The molecule has 2 aromatic heterocycles. The molecule has 1 aromatic carbocycles. The summed E-state index contributed by atoms with van der Waals surface area (Å²) in [5.41, 5.74) is 3.18. The Morgan fingerprint density at radius 3 is 2.76 bits per heavy atom. The fraction of sp³-hybridized carbons (Fsp3) is 0.444. The van der Waals surface area contributed by atoms with Crippen molar-refractivity contribution >= 4 is 22.8 Å². The maximum absolute atomic E-state index is 14.3. The smallest absolute Gasteiger partial charge is 0.255 e. The number of likely N-dealkylation sites (tertiary alicyclic amines) is 1. The SMILES string of the molecule is Cc1[nH]c2c(-c3cc(F)ccc3OCC3CC3)ccnc2c1C(=O)N[C@H]1CCN(C(=O)[C@H](C)O)C[C@H]1O. The molecule has 2 aliphatic rings. The van der Waals surface area contributed by atoms with E-state index in [-0.39, 0.29) is 6.54 Å². The van der Waals surface area contributed by atoms with Crippen molar-refractivity contribution in [2.75, 3.05) is 19.7 Å². The van der Waals surface area contributed by atoms with Crippen LogP contribution in [-0.4, -0.2) is 74.8 Å². The number of nitrogens with zero attached hydrogens (tertiary/aromatic N) is 2. The summed E-state index contributed by atoms with van der Waals surface area (Å²) in [6, 6.07) is 5.61. The highest BCUT2D eigenvalue weighted by atomic mass is 19.1. The fourth-order valence-corrected chi connectivity index (χ4v) is 4.84. The van der Waals surface area contributed by atoms with Crippen LogP contribution in [0.1, 0.15) is 42.2 Å². The molecule has 0 bridgehead atoms. The molecule has 3 aromatic rings. The van der Waals surface area contributed by atoms with E-state index in [1.807, 2.05) is 0 Å². The van der Waals surface area contributed by atoms with E-state index in [2.05, 4.69) is 15.3 Å². The zero-order valence-corrected chi connectivity index (χ0v) is 20.8. The van der Waals surface area contributed by atoms with Crippen molar-refractivity contribution in [3.05, 3.63) is 47.5 Å². The number of carbonyl (C=O) groups excluding carboxylic acids is 2. The van der Waals surface area contributed by atoms with E-state index < -0.39 is 35.9 Å². The van der Waals surface area contributed by atoms with E-state index >= 15 is 0 Å². The second-order valence-electron chi connectivity index (χ2n) is 10.00. The van der Waals surface area contributed by atoms with Gasteiger partial charge in [-0.1, -0.05) is 0 Å². The molecule has 9 nitrogen and oxygen atoms in total. The lowest BCUT2D eigenvalue weighted by Crippen LogP contribution is -2.56. The number of hydrogen-bond acceptors (Lipinski definition) is 6. The van der Waals surface area contributed by atoms with Crippen molar-refractivity contribution < 1.29 is 28.9 Å². The third-order valence-corrected chi connectivity index (χ3v) is 7.07. The second kappa shape index (κ2) is 10.1. The Labute approximate surface area is 213 Å². The van der Waals surface area contributed by atoms with Crippen molar-refractivity contribution in [1.29, 1.82) is 0 Å². The van der Waals surface area contributed by atoms with Gasteiger partial charge in [0.2, 0.25) is 0 Å². The van der Waals surface area contributed by atoms with E-state index in [1.165, 1.54) is 24.0 Å². The molecule has 0 radical (unpaired) electrons. The molecule has 1 saturated carbocycles. The summed E-state index contributed by atoms with van der Waals surface area (Å²) in [7, 11) is 0. The van der Waals surface area contributed by atoms with Gasteiger partial charge in [-0.05, 0) is 63.3 Å². The molecule has 4 N–H and O–H groups in total. The summed E-state index contributed by atoms with van der Waals surface area (Å²) >= 11 is 0. The van der Waals surface area contributed by atoms with Crippen molar-refractivity contribution in [2.24, 2.45) is 5.92 Å². The van der Waals surface area contributed by atoms with Crippen LogP contribution in [0.5, 0.6) is 5.75 Å². The topological polar surface area (TPSA) is 128 Å². The molecule has 1 aliphatic carbocycles. The van der Waals surface area contributed by atoms with Crippen LogP contribution in [0.2, 0.25) is 0 Å². The van der Waals surface area contributed by atoms with Gasteiger partial charge in [0.1, 0.15) is 23.2 Å². The third kappa shape index (κ3) is 5.17. The van der Waals surface area contributed by atoms with Crippen molar-refractivity contribution in [3.63, 3.8) is 0 Å². The number of halogens is 1. The number of rotatable bonds is 7. The Morgan fingerprint density at radius 1 is 1.27 bits per heavy atom. The number of aliphatic hydroxyl groups excluding tert-OH is 2. The number of β-amino-alcohol motifs (C(OH)–C–C–N with tert-alkyl or cyclic N) is 1. The number of H-pyrrole nitrogens is 1. The first-order chi connectivity index (χ1) is 17.7. The van der Waals surface area contributed by atoms with Gasteiger partial charge in [0.15, 0.2) is 0 Å². The monoisotopic (exact) mass is 510 g/mol. The number of hydrogen-bond donors (Lipinski definition) is 4. The molecule has 1 aliphatic heterocycles. The Kier molecular flexibility index (Phi) is 6.87. The van der Waals surface area contributed by atoms with Gasteiger partial charge in [-0.3, -0.25) is 14.6 Å². The van der Waals surface area contributed by atoms with Gasteiger partial charge in [-0.15, -0.1) is 0 Å². The van der Waals surface area contributed by atoms with Gasteiger partial charge < -0.3 is 30.2 Å². The summed E-state index contributed by atoms with van der Waals surface area (Å²) in [5.74, 6) is -0.149. The summed E-state index contributed by atoms with van der Waals surface area (Å²) < 4.78 is 20.3. The van der Waals surface area contributed by atoms with Gasteiger partial charge in [-0.2, -0.15) is 0 Å². The molecule has 3 atom stereocenters. The minimum Gasteiger partial charge on any atom is -0.493 e. The highest BCUT2D eigenvalue weighted by molar-refractivity contribution is 6.09. The maximum Gasteiger partial charge on any atom is 0.255 e. The first-order valence-electron chi connectivity index (χ1n) is 12.6. The Morgan fingerprint density at radius 2 is 2.05 bits per heavy atom. The minimum absolute atomic E-state index is 0.0210. The van der Waals surface area contributed by atoms with Gasteiger partial charge in [-0.25, -0.2) is 4.39 Å². The van der Waals surface area contributed by atoms with Gasteiger partial charge >= 0.3 is 0 Å². The quantitative estimate of drug-likeness (QED) is 0.387. The molecule has 0 unspecified atom stereocenters. The van der Waals surface area contributed by atoms with E-state index in [1.54, 1.807) is 25.3 Å². The molecule has 37 heavy (non-hydrogen) atoms. The van der Waals surface area contributed by atoms with Crippen LogP contribution in [0.4, 0.5) is 4.39 Å². The summed E-state index contributed by atoms with van der Waals surface area (Å²) in [6.45, 7) is 4.05. The third-order valence-electron chi connectivity index (χ3n) is 7.07. The molecule has 5 rings (SSSR count). The Bertz CT molecular complexity index is 1340. The lowest BCUT2D eigenvalue weighted by molar-refractivity contribution is -0.142. The van der Waals surface area contributed by atoms with Gasteiger partial charge in [0.25, 0.3) is 11.8 Å². The van der Waals surface area contributed by atoms with Crippen LogP contribution in [-0.2, 0) is 4.79 Å².